The second kappa shape index (κ2) is 11.0. The first-order chi connectivity index (χ1) is 18.2. The van der Waals surface area contributed by atoms with E-state index in [1.807, 2.05) is 12.1 Å². The predicted molar refractivity (Wildman–Crippen MR) is 150 cm³/mol. The molecule has 0 spiro atoms. The Morgan fingerprint density at radius 3 is 2.68 bits per heavy atom. The molecule has 0 aliphatic carbocycles. The molecule has 4 N–H and O–H groups in total. The number of fused-ring (bicyclic) bond motifs is 1. The summed E-state index contributed by atoms with van der Waals surface area (Å²) in [5.41, 5.74) is 7.56. The minimum atomic E-state index is -3.59. The van der Waals surface area contributed by atoms with Crippen LogP contribution in [0.4, 0.5) is 17.3 Å². The lowest BCUT2D eigenvalue weighted by Crippen LogP contribution is -2.39. The van der Waals surface area contributed by atoms with Gasteiger partial charge in [-0.25, -0.2) is 13.4 Å². The molecule has 0 bridgehead atoms. The van der Waals surface area contributed by atoms with Crippen LogP contribution < -0.4 is 20.7 Å². The summed E-state index contributed by atoms with van der Waals surface area (Å²) in [6, 6.07) is 8.25. The number of piperidine rings is 1. The minimum absolute atomic E-state index is 0.202. The van der Waals surface area contributed by atoms with Gasteiger partial charge >= 0.3 is 0 Å². The topological polar surface area (TPSA) is 138 Å². The maximum absolute atomic E-state index is 13.8. The SMILES string of the molecule is CS(=O)(=O)Nc1ccc(Cl)cc1C(=O)N1CCCC[C@@H]1c1cc2nc(N3CCC3)cc(NCCCN)n2n1. The van der Waals surface area contributed by atoms with Gasteiger partial charge < -0.3 is 20.9 Å². The van der Waals surface area contributed by atoms with Crippen LogP contribution in [0.15, 0.2) is 30.3 Å². The van der Waals surface area contributed by atoms with Gasteiger partial charge in [0.25, 0.3) is 5.91 Å². The van der Waals surface area contributed by atoms with Gasteiger partial charge in [-0.3, -0.25) is 9.52 Å². The normalized spacial score (nSPS) is 17.9. The molecule has 1 aromatic carbocycles. The first-order valence-corrected chi connectivity index (χ1v) is 15.2. The van der Waals surface area contributed by atoms with Crippen molar-refractivity contribution in [3.63, 3.8) is 0 Å². The quantitative estimate of drug-likeness (QED) is 0.339. The molecular formula is C25H33ClN8O3S. The van der Waals surface area contributed by atoms with Crippen molar-refractivity contribution >= 4 is 50.5 Å². The highest BCUT2D eigenvalue weighted by atomic mass is 35.5. The minimum Gasteiger partial charge on any atom is -0.370 e. The number of anilines is 3. The van der Waals surface area contributed by atoms with Crippen molar-refractivity contribution in [2.75, 3.05) is 53.9 Å². The Kier molecular flexibility index (Phi) is 7.64. The standard InChI is InChI=1S/C25H33ClN8O3S/c1-38(36,37)31-19-8-7-17(26)14-18(19)25(35)33-13-3-2-6-21(33)20-15-24-29-23(32-11-5-12-32)16-22(34(24)30-20)28-10-4-9-27/h7-8,14-16,21,28,31H,2-6,9-13,27H2,1H3/t21-/m1/s1. The van der Waals surface area contributed by atoms with Crippen molar-refractivity contribution in [3.05, 3.63) is 46.6 Å². The molecule has 0 radical (unpaired) electrons. The Bertz CT molecular complexity index is 1440. The molecule has 1 atom stereocenters. The molecule has 38 heavy (non-hydrogen) atoms. The van der Waals surface area contributed by atoms with Crippen molar-refractivity contribution in [3.8, 4) is 0 Å². The Morgan fingerprint density at radius 2 is 1.97 bits per heavy atom. The molecule has 2 saturated heterocycles. The van der Waals surface area contributed by atoms with E-state index in [9.17, 15) is 13.2 Å². The molecule has 4 heterocycles. The van der Waals surface area contributed by atoms with Crippen molar-refractivity contribution < 1.29 is 13.2 Å². The van der Waals surface area contributed by atoms with E-state index in [1.165, 1.54) is 12.1 Å². The number of halogens is 1. The van der Waals surface area contributed by atoms with Crippen LogP contribution in [0.25, 0.3) is 5.65 Å². The maximum atomic E-state index is 13.8. The van der Waals surface area contributed by atoms with Gasteiger partial charge in [-0.1, -0.05) is 11.6 Å². The number of nitrogens with zero attached hydrogens (tertiary/aromatic N) is 5. The van der Waals surface area contributed by atoms with Crippen molar-refractivity contribution in [2.45, 2.75) is 38.1 Å². The third-order valence-corrected chi connectivity index (χ3v) is 7.74. The number of amides is 1. The van der Waals surface area contributed by atoms with Crippen LogP contribution in [0.1, 0.15) is 54.2 Å². The van der Waals surface area contributed by atoms with Gasteiger partial charge in [0.1, 0.15) is 11.6 Å². The number of hydrogen-bond donors (Lipinski definition) is 3. The third-order valence-electron chi connectivity index (χ3n) is 6.91. The van der Waals surface area contributed by atoms with Gasteiger partial charge in [0, 0.05) is 43.3 Å². The number of carbonyl (C=O) groups is 1. The molecule has 0 unspecified atom stereocenters. The smallest absolute Gasteiger partial charge is 0.256 e. The average Bonchev–Trinajstić information content (AvgIpc) is 3.27. The second-order valence-corrected chi connectivity index (χ2v) is 12.0. The number of hydrogen-bond acceptors (Lipinski definition) is 8. The number of rotatable bonds is 9. The van der Waals surface area contributed by atoms with E-state index < -0.39 is 10.0 Å². The van der Waals surface area contributed by atoms with E-state index >= 15 is 0 Å². The number of aromatic nitrogens is 3. The van der Waals surface area contributed by atoms with Gasteiger partial charge in [-0.15, -0.1) is 0 Å². The van der Waals surface area contributed by atoms with E-state index in [-0.39, 0.29) is 23.2 Å². The van der Waals surface area contributed by atoms with Gasteiger partial charge in [0.15, 0.2) is 5.65 Å². The zero-order valence-electron chi connectivity index (χ0n) is 21.4. The van der Waals surface area contributed by atoms with Crippen LogP contribution in [-0.4, -0.2) is 72.8 Å². The van der Waals surface area contributed by atoms with Crippen molar-refractivity contribution in [1.29, 1.82) is 0 Å². The molecule has 2 aliphatic rings. The molecule has 204 valence electrons. The van der Waals surface area contributed by atoms with E-state index in [0.717, 1.165) is 68.8 Å². The van der Waals surface area contributed by atoms with Crippen LogP contribution in [0.3, 0.4) is 0 Å². The van der Waals surface area contributed by atoms with Gasteiger partial charge in [-0.05, 0) is 56.8 Å². The van der Waals surface area contributed by atoms with E-state index in [0.29, 0.717) is 30.3 Å². The summed E-state index contributed by atoms with van der Waals surface area (Å²) in [7, 11) is -3.59. The monoisotopic (exact) mass is 560 g/mol. The summed E-state index contributed by atoms with van der Waals surface area (Å²) in [4.78, 5) is 22.7. The number of likely N-dealkylation sites (tertiary alicyclic amines) is 1. The molecule has 0 saturated carbocycles. The molecule has 3 aromatic rings. The molecule has 2 aliphatic heterocycles. The lowest BCUT2D eigenvalue weighted by molar-refractivity contribution is 0.0607. The molecule has 2 fully saturated rings. The third kappa shape index (κ3) is 5.67. The van der Waals surface area contributed by atoms with Gasteiger partial charge in [0.05, 0.1) is 29.2 Å². The average molecular weight is 561 g/mol. The second-order valence-electron chi connectivity index (χ2n) is 9.82. The van der Waals surface area contributed by atoms with E-state index in [2.05, 4.69) is 14.9 Å². The van der Waals surface area contributed by atoms with Crippen LogP contribution in [0.2, 0.25) is 5.02 Å². The zero-order valence-corrected chi connectivity index (χ0v) is 22.9. The van der Waals surface area contributed by atoms with Crippen LogP contribution in [0, 0.1) is 0 Å². The lowest BCUT2D eigenvalue weighted by Gasteiger charge is -2.35. The zero-order chi connectivity index (χ0) is 26.9. The summed E-state index contributed by atoms with van der Waals surface area (Å²) in [6.07, 6.45) is 5.54. The predicted octanol–water partition coefficient (Wildman–Crippen LogP) is 3.09. The first kappa shape index (κ1) is 26.5. The lowest BCUT2D eigenvalue weighted by atomic mass is 9.98. The van der Waals surface area contributed by atoms with Crippen molar-refractivity contribution in [1.82, 2.24) is 19.5 Å². The molecule has 13 heteroatoms. The van der Waals surface area contributed by atoms with Gasteiger partial charge in [-0.2, -0.15) is 9.61 Å². The number of sulfonamides is 1. The molecule has 2 aromatic heterocycles. The van der Waals surface area contributed by atoms with E-state index in [4.69, 9.17) is 27.4 Å². The molecular weight excluding hydrogens is 528 g/mol. The van der Waals surface area contributed by atoms with Crippen LogP contribution >= 0.6 is 11.6 Å². The Hall–Kier alpha value is -3.09. The first-order valence-electron chi connectivity index (χ1n) is 12.9. The number of nitrogens with two attached hydrogens (primary N) is 1. The van der Waals surface area contributed by atoms with Crippen molar-refractivity contribution in [2.24, 2.45) is 5.73 Å². The number of benzene rings is 1. The fourth-order valence-corrected chi connectivity index (χ4v) is 5.66. The summed E-state index contributed by atoms with van der Waals surface area (Å²) in [5, 5.41) is 8.68. The van der Waals surface area contributed by atoms with E-state index in [1.54, 1.807) is 15.5 Å². The largest absolute Gasteiger partial charge is 0.370 e. The Labute approximate surface area is 227 Å². The highest BCUT2D eigenvalue weighted by molar-refractivity contribution is 7.92. The summed E-state index contributed by atoms with van der Waals surface area (Å²) in [6.45, 7) is 3.77. The highest BCUT2D eigenvalue weighted by Gasteiger charge is 2.32. The molecule has 5 rings (SSSR count). The summed E-state index contributed by atoms with van der Waals surface area (Å²) < 4.78 is 28.1. The maximum Gasteiger partial charge on any atom is 0.256 e. The summed E-state index contributed by atoms with van der Waals surface area (Å²) in [5.74, 6) is 1.44. The van der Waals surface area contributed by atoms with Crippen LogP contribution in [0.5, 0.6) is 0 Å². The molecule has 1 amide bonds. The number of nitrogens with one attached hydrogen (secondary N) is 2. The number of carbonyl (C=O) groups excluding carboxylic acids is 1. The fourth-order valence-electron chi connectivity index (χ4n) is 4.91. The van der Waals surface area contributed by atoms with Crippen LogP contribution in [-0.2, 0) is 10.0 Å². The Morgan fingerprint density at radius 1 is 1.16 bits per heavy atom. The highest BCUT2D eigenvalue weighted by Crippen LogP contribution is 2.35. The fraction of sp³-hybridized carbons (Fsp3) is 0.480. The van der Waals surface area contributed by atoms with Gasteiger partial charge in [0.2, 0.25) is 10.0 Å². The summed E-state index contributed by atoms with van der Waals surface area (Å²) >= 11 is 6.21. The Balaban J connectivity index is 1.51. The molecule has 11 nitrogen and oxygen atoms in total.